The molecular weight excluding hydrogens is 398 g/mol. The van der Waals surface area contributed by atoms with Gasteiger partial charge in [0.05, 0.1) is 24.2 Å². The van der Waals surface area contributed by atoms with Gasteiger partial charge in [-0.1, -0.05) is 30.3 Å². The van der Waals surface area contributed by atoms with Crippen LogP contribution in [0, 0.1) is 0 Å². The number of amides is 1. The number of methoxy groups -OCH3 is 1. The average Bonchev–Trinajstić information content (AvgIpc) is 3.04. The lowest BCUT2D eigenvalue weighted by atomic mass is 9.95. The Morgan fingerprint density at radius 1 is 1.14 bits per heavy atom. The van der Waals surface area contributed by atoms with Gasteiger partial charge in [-0.25, -0.2) is 13.2 Å². The van der Waals surface area contributed by atoms with Crippen LogP contribution in [-0.4, -0.2) is 33.2 Å². The number of sulfone groups is 1. The SMILES string of the molecule is COC(=O)c1c(NC(=O)CCS(=O)(=O)Cc2ccccc2)sc2c1CCCC2. The highest BCUT2D eigenvalue weighted by atomic mass is 32.2. The standard InChI is InChI=1S/C20H23NO5S2/c1-26-20(23)18-15-9-5-6-10-16(15)27-19(18)21-17(22)11-12-28(24,25)13-14-7-3-2-4-8-14/h2-4,7-8H,5-6,9-13H2,1H3,(H,21,22). The molecule has 0 unspecified atom stereocenters. The molecule has 0 fully saturated rings. The molecule has 1 aliphatic carbocycles. The Labute approximate surface area is 168 Å². The second kappa shape index (κ2) is 8.87. The minimum Gasteiger partial charge on any atom is -0.465 e. The molecule has 0 bridgehead atoms. The van der Waals surface area contributed by atoms with E-state index in [9.17, 15) is 18.0 Å². The molecule has 1 aromatic carbocycles. The zero-order valence-electron chi connectivity index (χ0n) is 15.7. The molecule has 1 N–H and O–H groups in total. The first-order valence-electron chi connectivity index (χ1n) is 9.16. The topological polar surface area (TPSA) is 89.5 Å². The highest BCUT2D eigenvalue weighted by Crippen LogP contribution is 2.38. The molecule has 0 atom stereocenters. The Kier molecular flexibility index (Phi) is 6.51. The quantitative estimate of drug-likeness (QED) is 0.693. The van der Waals surface area contributed by atoms with Gasteiger partial charge < -0.3 is 10.1 Å². The molecule has 1 amide bonds. The normalized spacial score (nSPS) is 13.6. The summed E-state index contributed by atoms with van der Waals surface area (Å²) in [6.07, 6.45) is 3.57. The molecular formula is C20H23NO5S2. The zero-order valence-corrected chi connectivity index (χ0v) is 17.3. The van der Waals surface area contributed by atoms with Crippen molar-refractivity contribution in [2.75, 3.05) is 18.2 Å². The third kappa shape index (κ3) is 4.99. The van der Waals surface area contributed by atoms with Crippen LogP contribution in [0.5, 0.6) is 0 Å². The summed E-state index contributed by atoms with van der Waals surface area (Å²) in [5.41, 5.74) is 2.07. The fourth-order valence-corrected chi connectivity index (χ4v) is 5.94. The highest BCUT2D eigenvalue weighted by Gasteiger charge is 2.27. The monoisotopic (exact) mass is 421 g/mol. The average molecular weight is 422 g/mol. The second-order valence-corrected chi connectivity index (χ2v) is 10.1. The summed E-state index contributed by atoms with van der Waals surface area (Å²) < 4.78 is 29.5. The molecule has 1 heterocycles. The number of hydrogen-bond donors (Lipinski definition) is 1. The Morgan fingerprint density at radius 3 is 2.57 bits per heavy atom. The fraction of sp³-hybridized carbons (Fsp3) is 0.400. The summed E-state index contributed by atoms with van der Waals surface area (Å²) in [6.45, 7) is 0. The Morgan fingerprint density at radius 2 is 1.86 bits per heavy atom. The number of nitrogens with one attached hydrogen (secondary N) is 1. The fourth-order valence-electron chi connectivity index (χ4n) is 3.31. The van der Waals surface area contributed by atoms with Gasteiger partial charge in [0.25, 0.3) is 0 Å². The van der Waals surface area contributed by atoms with Crippen molar-refractivity contribution in [1.82, 2.24) is 0 Å². The summed E-state index contributed by atoms with van der Waals surface area (Å²) in [6, 6.07) is 8.88. The lowest BCUT2D eigenvalue weighted by molar-refractivity contribution is -0.115. The first-order valence-corrected chi connectivity index (χ1v) is 11.8. The predicted molar refractivity (Wildman–Crippen MR) is 109 cm³/mol. The number of carbonyl (C=O) groups is 2. The predicted octanol–water partition coefficient (Wildman–Crippen LogP) is 3.36. The maximum atomic E-state index is 12.4. The minimum absolute atomic E-state index is 0.0954. The van der Waals surface area contributed by atoms with Crippen molar-refractivity contribution < 1.29 is 22.7 Å². The van der Waals surface area contributed by atoms with Gasteiger partial charge in [0, 0.05) is 11.3 Å². The van der Waals surface area contributed by atoms with Gasteiger partial charge in [-0.05, 0) is 36.8 Å². The van der Waals surface area contributed by atoms with Crippen molar-refractivity contribution in [2.45, 2.75) is 37.9 Å². The summed E-state index contributed by atoms with van der Waals surface area (Å²) in [5, 5.41) is 3.20. The van der Waals surface area contributed by atoms with E-state index in [1.807, 2.05) is 6.07 Å². The minimum atomic E-state index is -3.40. The van der Waals surface area contributed by atoms with Crippen molar-refractivity contribution in [2.24, 2.45) is 0 Å². The first kappa shape index (κ1) is 20.5. The van der Waals surface area contributed by atoms with E-state index in [0.717, 1.165) is 36.1 Å². The van der Waals surface area contributed by atoms with Crippen LogP contribution < -0.4 is 5.32 Å². The molecule has 28 heavy (non-hydrogen) atoms. The summed E-state index contributed by atoms with van der Waals surface area (Å²) in [5.74, 6) is -1.22. The number of rotatable bonds is 7. The van der Waals surface area contributed by atoms with E-state index >= 15 is 0 Å². The van der Waals surface area contributed by atoms with E-state index in [2.05, 4.69) is 5.32 Å². The van der Waals surface area contributed by atoms with Gasteiger partial charge in [0.1, 0.15) is 5.00 Å². The van der Waals surface area contributed by atoms with E-state index in [1.165, 1.54) is 18.4 Å². The van der Waals surface area contributed by atoms with E-state index in [1.54, 1.807) is 24.3 Å². The number of anilines is 1. The van der Waals surface area contributed by atoms with Crippen LogP contribution in [0.2, 0.25) is 0 Å². The Bertz CT molecular complexity index is 964. The molecule has 8 heteroatoms. The van der Waals surface area contributed by atoms with Crippen LogP contribution in [0.3, 0.4) is 0 Å². The van der Waals surface area contributed by atoms with Crippen molar-refractivity contribution in [1.29, 1.82) is 0 Å². The van der Waals surface area contributed by atoms with Gasteiger partial charge in [-0.3, -0.25) is 4.79 Å². The molecule has 0 radical (unpaired) electrons. The third-order valence-electron chi connectivity index (χ3n) is 4.68. The van der Waals surface area contributed by atoms with Crippen molar-refractivity contribution in [3.63, 3.8) is 0 Å². The van der Waals surface area contributed by atoms with Gasteiger partial charge in [0.2, 0.25) is 5.91 Å². The number of hydrogen-bond acceptors (Lipinski definition) is 6. The maximum absolute atomic E-state index is 12.4. The number of fused-ring (bicyclic) bond motifs is 1. The lowest BCUT2D eigenvalue weighted by Gasteiger charge is -2.11. The lowest BCUT2D eigenvalue weighted by Crippen LogP contribution is -2.19. The van der Waals surface area contributed by atoms with Gasteiger partial charge >= 0.3 is 5.97 Å². The van der Waals surface area contributed by atoms with Crippen molar-refractivity contribution in [3.05, 3.63) is 51.9 Å². The van der Waals surface area contributed by atoms with E-state index in [-0.39, 0.29) is 17.9 Å². The number of esters is 1. The molecule has 1 aliphatic rings. The first-order chi connectivity index (χ1) is 13.4. The third-order valence-corrected chi connectivity index (χ3v) is 7.49. The van der Waals surface area contributed by atoms with Crippen molar-refractivity contribution >= 4 is 38.1 Å². The largest absolute Gasteiger partial charge is 0.465 e. The smallest absolute Gasteiger partial charge is 0.341 e. The van der Waals surface area contributed by atoms with Gasteiger partial charge in [0.15, 0.2) is 9.84 Å². The molecule has 3 rings (SSSR count). The van der Waals surface area contributed by atoms with Crippen LogP contribution in [0.25, 0.3) is 0 Å². The Balaban J connectivity index is 1.66. The Hall–Kier alpha value is -2.19. The van der Waals surface area contributed by atoms with Crippen molar-refractivity contribution in [3.8, 4) is 0 Å². The van der Waals surface area contributed by atoms with Crippen LogP contribution >= 0.6 is 11.3 Å². The summed E-state index contributed by atoms with van der Waals surface area (Å²) in [4.78, 5) is 25.7. The van der Waals surface area contributed by atoms with Crippen LogP contribution in [0.1, 0.15) is 45.6 Å². The second-order valence-electron chi connectivity index (χ2n) is 6.78. The number of carbonyl (C=O) groups excluding carboxylic acids is 2. The highest BCUT2D eigenvalue weighted by molar-refractivity contribution is 7.90. The summed E-state index contributed by atoms with van der Waals surface area (Å²) in [7, 11) is -2.09. The number of benzene rings is 1. The molecule has 0 spiro atoms. The van der Waals surface area contributed by atoms with E-state index in [0.29, 0.717) is 16.1 Å². The van der Waals surface area contributed by atoms with Crippen LogP contribution in [0.4, 0.5) is 5.00 Å². The van der Waals surface area contributed by atoms with Gasteiger partial charge in [-0.15, -0.1) is 11.3 Å². The van der Waals surface area contributed by atoms with Crippen LogP contribution in [-0.2, 0) is 38.0 Å². The van der Waals surface area contributed by atoms with Crippen LogP contribution in [0.15, 0.2) is 30.3 Å². The molecule has 150 valence electrons. The van der Waals surface area contributed by atoms with E-state index in [4.69, 9.17) is 4.74 Å². The molecule has 1 aromatic heterocycles. The maximum Gasteiger partial charge on any atom is 0.341 e. The zero-order chi connectivity index (χ0) is 20.1. The number of thiophene rings is 1. The molecule has 0 aliphatic heterocycles. The van der Waals surface area contributed by atoms with E-state index < -0.39 is 21.7 Å². The molecule has 2 aromatic rings. The number of ether oxygens (including phenoxy) is 1. The molecule has 0 saturated heterocycles. The van der Waals surface area contributed by atoms with Gasteiger partial charge in [-0.2, -0.15) is 0 Å². The molecule has 0 saturated carbocycles. The molecule has 6 nitrogen and oxygen atoms in total. The number of aryl methyl sites for hydroxylation is 1. The summed E-state index contributed by atoms with van der Waals surface area (Å²) >= 11 is 1.39.